The molecule has 0 aliphatic carbocycles. The van der Waals surface area contributed by atoms with E-state index >= 15 is 0 Å². The highest BCUT2D eigenvalue weighted by molar-refractivity contribution is 6.30. The van der Waals surface area contributed by atoms with Crippen LogP contribution in [0.15, 0.2) is 24.3 Å². The summed E-state index contributed by atoms with van der Waals surface area (Å²) in [6.07, 6.45) is 0. The van der Waals surface area contributed by atoms with Gasteiger partial charge in [-0.2, -0.15) is 5.26 Å². The molecule has 2 aromatic rings. The third-order valence-electron chi connectivity index (χ3n) is 3.13. The standard InChI is InChI=1S/C14H16ClN5/c1-3-19(4-2)14-12(9-16)13(17)20(18-14)11-7-5-6-10(15)8-11/h5-8H,3-4,17H2,1-2H3. The van der Waals surface area contributed by atoms with Crippen molar-refractivity contribution in [2.24, 2.45) is 0 Å². The fraction of sp³-hybridized carbons (Fsp3) is 0.286. The Labute approximate surface area is 123 Å². The van der Waals surface area contributed by atoms with E-state index in [0.29, 0.717) is 22.2 Å². The number of rotatable bonds is 4. The van der Waals surface area contributed by atoms with Gasteiger partial charge in [0.1, 0.15) is 17.5 Å². The van der Waals surface area contributed by atoms with Crippen LogP contribution in [0.4, 0.5) is 11.6 Å². The fourth-order valence-corrected chi connectivity index (χ4v) is 2.26. The zero-order valence-electron chi connectivity index (χ0n) is 11.5. The lowest BCUT2D eigenvalue weighted by Gasteiger charge is -2.17. The molecule has 5 nitrogen and oxygen atoms in total. The molecular formula is C14H16ClN5. The van der Waals surface area contributed by atoms with Crippen LogP contribution in [0.2, 0.25) is 5.02 Å². The maximum Gasteiger partial charge on any atom is 0.171 e. The van der Waals surface area contributed by atoms with Crippen molar-refractivity contribution in [3.63, 3.8) is 0 Å². The molecule has 2 N–H and O–H groups in total. The third kappa shape index (κ3) is 2.43. The van der Waals surface area contributed by atoms with E-state index in [1.54, 1.807) is 16.8 Å². The number of hydrogen-bond acceptors (Lipinski definition) is 4. The van der Waals surface area contributed by atoms with Crippen LogP contribution in [-0.4, -0.2) is 22.9 Å². The number of halogens is 1. The molecule has 0 unspecified atom stereocenters. The highest BCUT2D eigenvalue weighted by Crippen LogP contribution is 2.27. The van der Waals surface area contributed by atoms with Crippen molar-refractivity contribution in [1.82, 2.24) is 9.78 Å². The van der Waals surface area contributed by atoms with Gasteiger partial charge in [0.15, 0.2) is 5.82 Å². The first kappa shape index (κ1) is 14.2. The second-order valence-corrected chi connectivity index (χ2v) is 4.70. The molecule has 20 heavy (non-hydrogen) atoms. The second-order valence-electron chi connectivity index (χ2n) is 4.26. The topological polar surface area (TPSA) is 70.9 Å². The van der Waals surface area contributed by atoms with Crippen LogP contribution in [-0.2, 0) is 0 Å². The Morgan fingerprint density at radius 2 is 2.10 bits per heavy atom. The molecule has 0 amide bonds. The summed E-state index contributed by atoms with van der Waals surface area (Å²) in [5, 5.41) is 14.4. The molecule has 104 valence electrons. The third-order valence-corrected chi connectivity index (χ3v) is 3.37. The number of nitrogens with zero attached hydrogens (tertiary/aromatic N) is 4. The molecule has 1 aromatic heterocycles. The van der Waals surface area contributed by atoms with Crippen molar-refractivity contribution in [2.45, 2.75) is 13.8 Å². The number of aromatic nitrogens is 2. The molecule has 1 heterocycles. The summed E-state index contributed by atoms with van der Waals surface area (Å²) in [6, 6.07) is 9.35. The fourth-order valence-electron chi connectivity index (χ4n) is 2.08. The first-order valence-electron chi connectivity index (χ1n) is 6.41. The molecule has 0 aliphatic heterocycles. The van der Waals surface area contributed by atoms with E-state index in [1.807, 2.05) is 30.9 Å². The highest BCUT2D eigenvalue weighted by Gasteiger charge is 2.20. The predicted molar refractivity (Wildman–Crippen MR) is 81.3 cm³/mol. The van der Waals surface area contributed by atoms with Gasteiger partial charge < -0.3 is 10.6 Å². The van der Waals surface area contributed by atoms with Crippen molar-refractivity contribution in [3.05, 3.63) is 34.9 Å². The number of nitrogens with two attached hydrogens (primary N) is 1. The van der Waals surface area contributed by atoms with E-state index in [0.717, 1.165) is 18.8 Å². The lowest BCUT2D eigenvalue weighted by Crippen LogP contribution is -2.23. The van der Waals surface area contributed by atoms with E-state index in [4.69, 9.17) is 17.3 Å². The lowest BCUT2D eigenvalue weighted by molar-refractivity contribution is 0.809. The molecule has 0 fully saturated rings. The summed E-state index contributed by atoms with van der Waals surface area (Å²) in [7, 11) is 0. The van der Waals surface area contributed by atoms with E-state index in [9.17, 15) is 5.26 Å². The van der Waals surface area contributed by atoms with Crippen molar-refractivity contribution >= 4 is 23.2 Å². The van der Waals surface area contributed by atoms with Gasteiger partial charge in [0.25, 0.3) is 0 Å². The van der Waals surface area contributed by atoms with Crippen molar-refractivity contribution < 1.29 is 0 Å². The predicted octanol–water partition coefficient (Wildman–Crippen LogP) is 2.83. The minimum atomic E-state index is 0.330. The number of nitrogen functional groups attached to an aromatic ring is 1. The average Bonchev–Trinajstić information content (AvgIpc) is 2.77. The molecule has 0 bridgehead atoms. The Bertz CT molecular complexity index is 652. The van der Waals surface area contributed by atoms with Crippen molar-refractivity contribution in [1.29, 1.82) is 5.26 Å². The molecule has 0 atom stereocenters. The maximum atomic E-state index is 9.32. The van der Waals surface area contributed by atoms with Crippen LogP contribution in [0.25, 0.3) is 5.69 Å². The quantitative estimate of drug-likeness (QED) is 0.939. The molecule has 0 saturated heterocycles. The van der Waals surface area contributed by atoms with Crippen LogP contribution in [0.5, 0.6) is 0 Å². The lowest BCUT2D eigenvalue weighted by atomic mass is 10.3. The monoisotopic (exact) mass is 289 g/mol. The van der Waals surface area contributed by atoms with Gasteiger partial charge in [-0.1, -0.05) is 17.7 Å². The first-order valence-corrected chi connectivity index (χ1v) is 6.79. The van der Waals surface area contributed by atoms with Crippen LogP contribution < -0.4 is 10.6 Å². The average molecular weight is 290 g/mol. The minimum absolute atomic E-state index is 0.330. The Morgan fingerprint density at radius 1 is 1.40 bits per heavy atom. The van der Waals surface area contributed by atoms with Crippen LogP contribution in [0.1, 0.15) is 19.4 Å². The van der Waals surface area contributed by atoms with Gasteiger partial charge in [0, 0.05) is 18.1 Å². The van der Waals surface area contributed by atoms with Gasteiger partial charge in [-0.3, -0.25) is 0 Å². The van der Waals surface area contributed by atoms with E-state index in [-0.39, 0.29) is 0 Å². The first-order chi connectivity index (χ1) is 9.62. The minimum Gasteiger partial charge on any atom is -0.382 e. The summed E-state index contributed by atoms with van der Waals surface area (Å²) in [5.41, 5.74) is 7.19. The van der Waals surface area contributed by atoms with Crippen molar-refractivity contribution in [3.8, 4) is 11.8 Å². The Kier molecular flexibility index (Phi) is 4.16. The zero-order valence-corrected chi connectivity index (χ0v) is 12.2. The zero-order chi connectivity index (χ0) is 14.7. The molecule has 6 heteroatoms. The van der Waals surface area contributed by atoms with E-state index in [2.05, 4.69) is 11.2 Å². The molecule has 0 saturated carbocycles. The van der Waals surface area contributed by atoms with E-state index in [1.165, 1.54) is 0 Å². The molecule has 2 rings (SSSR count). The summed E-state index contributed by atoms with van der Waals surface area (Å²) in [5.74, 6) is 0.937. The van der Waals surface area contributed by atoms with Crippen molar-refractivity contribution in [2.75, 3.05) is 23.7 Å². The van der Waals surface area contributed by atoms with Gasteiger partial charge in [-0.15, -0.1) is 5.10 Å². The molecular weight excluding hydrogens is 274 g/mol. The molecule has 0 spiro atoms. The smallest absolute Gasteiger partial charge is 0.171 e. The molecule has 1 aromatic carbocycles. The number of anilines is 2. The molecule has 0 radical (unpaired) electrons. The van der Waals surface area contributed by atoms with E-state index < -0.39 is 0 Å². The largest absolute Gasteiger partial charge is 0.382 e. The number of nitriles is 1. The SMILES string of the molecule is CCN(CC)c1nn(-c2cccc(Cl)c2)c(N)c1C#N. The summed E-state index contributed by atoms with van der Waals surface area (Å²) >= 11 is 5.99. The number of benzene rings is 1. The van der Waals surface area contributed by atoms with Gasteiger partial charge in [0.2, 0.25) is 0 Å². The Hall–Kier alpha value is -2.19. The van der Waals surface area contributed by atoms with Crippen LogP contribution in [0, 0.1) is 11.3 Å². The van der Waals surface area contributed by atoms with Gasteiger partial charge in [-0.05, 0) is 32.0 Å². The van der Waals surface area contributed by atoms with Gasteiger partial charge in [-0.25, -0.2) is 4.68 Å². The summed E-state index contributed by atoms with van der Waals surface area (Å²) in [6.45, 7) is 5.55. The number of hydrogen-bond donors (Lipinski definition) is 1. The maximum absolute atomic E-state index is 9.32. The summed E-state index contributed by atoms with van der Waals surface area (Å²) in [4.78, 5) is 2.00. The molecule has 0 aliphatic rings. The van der Waals surface area contributed by atoms with Crippen LogP contribution in [0.3, 0.4) is 0 Å². The Morgan fingerprint density at radius 3 is 2.65 bits per heavy atom. The Balaban J connectivity index is 2.59. The van der Waals surface area contributed by atoms with Gasteiger partial charge in [0.05, 0.1) is 5.69 Å². The summed E-state index contributed by atoms with van der Waals surface area (Å²) < 4.78 is 1.55. The second kappa shape index (κ2) is 5.85. The van der Waals surface area contributed by atoms with Crippen LogP contribution >= 0.6 is 11.6 Å². The highest BCUT2D eigenvalue weighted by atomic mass is 35.5. The normalized spacial score (nSPS) is 10.3. The van der Waals surface area contributed by atoms with Gasteiger partial charge >= 0.3 is 0 Å².